The molecule has 0 spiro atoms. The van der Waals surface area contributed by atoms with E-state index >= 15 is 0 Å². The quantitative estimate of drug-likeness (QED) is 0.389. The first-order chi connectivity index (χ1) is 13.1. The summed E-state index contributed by atoms with van der Waals surface area (Å²) < 4.78 is 21.9. The van der Waals surface area contributed by atoms with E-state index in [4.69, 9.17) is 4.74 Å². The zero-order valence-corrected chi connectivity index (χ0v) is 16.2. The largest absolute Gasteiger partial charge is 0.482 e. The third-order valence-electron chi connectivity index (χ3n) is 4.13. The summed E-state index contributed by atoms with van der Waals surface area (Å²) in [7, 11) is 0. The Morgan fingerprint density at radius 3 is 2.67 bits per heavy atom. The molecule has 1 unspecified atom stereocenters. The summed E-state index contributed by atoms with van der Waals surface area (Å²) in [4.78, 5) is 0. The van der Waals surface area contributed by atoms with Crippen molar-refractivity contribution in [2.75, 3.05) is 0 Å². The van der Waals surface area contributed by atoms with E-state index < -0.39 is 0 Å². The SMILES string of the molecule is C=CCn1c(SCc2ccccc2F)nnc1C(C)Oc1ccccc1C. The second-order valence-corrected chi connectivity index (χ2v) is 7.09. The summed E-state index contributed by atoms with van der Waals surface area (Å²) in [5.41, 5.74) is 1.70. The van der Waals surface area contributed by atoms with Crippen LogP contribution in [0.2, 0.25) is 0 Å². The van der Waals surface area contributed by atoms with E-state index in [0.29, 0.717) is 28.8 Å². The van der Waals surface area contributed by atoms with Gasteiger partial charge >= 0.3 is 0 Å². The number of hydrogen-bond donors (Lipinski definition) is 0. The van der Waals surface area contributed by atoms with Crippen LogP contribution in [0, 0.1) is 12.7 Å². The number of para-hydroxylation sites is 1. The Kier molecular flexibility index (Phi) is 6.29. The molecule has 1 atom stereocenters. The van der Waals surface area contributed by atoms with Gasteiger partial charge in [0, 0.05) is 12.3 Å². The molecule has 0 saturated heterocycles. The lowest BCUT2D eigenvalue weighted by Crippen LogP contribution is -2.12. The lowest BCUT2D eigenvalue weighted by Gasteiger charge is -2.17. The topological polar surface area (TPSA) is 39.9 Å². The van der Waals surface area contributed by atoms with Crippen molar-refractivity contribution in [2.45, 2.75) is 37.4 Å². The molecule has 27 heavy (non-hydrogen) atoms. The lowest BCUT2D eigenvalue weighted by atomic mass is 10.2. The van der Waals surface area contributed by atoms with E-state index in [-0.39, 0.29) is 11.9 Å². The third-order valence-corrected chi connectivity index (χ3v) is 5.15. The fourth-order valence-electron chi connectivity index (χ4n) is 2.70. The van der Waals surface area contributed by atoms with Gasteiger partial charge in [-0.1, -0.05) is 54.2 Å². The molecule has 0 fully saturated rings. The van der Waals surface area contributed by atoms with Crippen LogP contribution in [-0.2, 0) is 12.3 Å². The molecule has 3 aromatic rings. The lowest BCUT2D eigenvalue weighted by molar-refractivity contribution is 0.209. The van der Waals surface area contributed by atoms with Crippen molar-refractivity contribution < 1.29 is 9.13 Å². The minimum Gasteiger partial charge on any atom is -0.482 e. The number of aromatic nitrogens is 3. The molecule has 4 nitrogen and oxygen atoms in total. The van der Waals surface area contributed by atoms with Crippen molar-refractivity contribution >= 4 is 11.8 Å². The van der Waals surface area contributed by atoms with E-state index in [1.54, 1.807) is 18.2 Å². The van der Waals surface area contributed by atoms with Crippen LogP contribution < -0.4 is 4.74 Å². The molecule has 1 heterocycles. The van der Waals surface area contributed by atoms with Crippen molar-refractivity contribution in [3.63, 3.8) is 0 Å². The minimum absolute atomic E-state index is 0.212. The molecule has 1 aromatic heterocycles. The van der Waals surface area contributed by atoms with Gasteiger partial charge in [0.15, 0.2) is 17.1 Å². The summed E-state index contributed by atoms with van der Waals surface area (Å²) in [6.45, 7) is 8.33. The number of ether oxygens (including phenoxy) is 1. The molecule has 2 aromatic carbocycles. The van der Waals surface area contributed by atoms with Gasteiger partial charge in [0.05, 0.1) is 0 Å². The molecular formula is C21H22FN3OS. The number of allylic oxidation sites excluding steroid dienone is 1. The Morgan fingerprint density at radius 2 is 1.93 bits per heavy atom. The maximum atomic E-state index is 13.9. The Bertz CT molecular complexity index is 925. The summed E-state index contributed by atoms with van der Waals surface area (Å²) in [5, 5.41) is 9.33. The number of aryl methyl sites for hydroxylation is 1. The molecule has 0 amide bonds. The Morgan fingerprint density at radius 1 is 1.19 bits per heavy atom. The van der Waals surface area contributed by atoms with Crippen LogP contribution in [0.1, 0.15) is 30.0 Å². The van der Waals surface area contributed by atoms with E-state index in [9.17, 15) is 4.39 Å². The van der Waals surface area contributed by atoms with Crippen LogP contribution in [0.4, 0.5) is 4.39 Å². The van der Waals surface area contributed by atoms with Crippen LogP contribution >= 0.6 is 11.8 Å². The second-order valence-electron chi connectivity index (χ2n) is 6.15. The standard InChI is InChI=1S/C21H22FN3OS/c1-4-13-25-20(16(3)26-19-12-8-5-9-15(19)2)23-24-21(25)27-14-17-10-6-7-11-18(17)22/h4-12,16H,1,13-14H2,2-3H3. The first kappa shape index (κ1) is 19.2. The highest BCUT2D eigenvalue weighted by Gasteiger charge is 2.19. The number of hydrogen-bond acceptors (Lipinski definition) is 4. The van der Waals surface area contributed by atoms with Crippen molar-refractivity contribution in [3.05, 3.63) is 84.0 Å². The molecule has 3 rings (SSSR count). The van der Waals surface area contributed by atoms with E-state index in [0.717, 1.165) is 11.3 Å². The van der Waals surface area contributed by atoms with Crippen LogP contribution in [0.15, 0.2) is 66.3 Å². The summed E-state index contributed by atoms with van der Waals surface area (Å²) in [5.74, 6) is 1.80. The summed E-state index contributed by atoms with van der Waals surface area (Å²) >= 11 is 1.45. The van der Waals surface area contributed by atoms with Crippen LogP contribution in [0.5, 0.6) is 5.75 Å². The predicted octanol–water partition coefficient (Wildman–Crippen LogP) is 5.34. The highest BCUT2D eigenvalue weighted by molar-refractivity contribution is 7.98. The first-order valence-electron chi connectivity index (χ1n) is 8.72. The molecule has 0 bridgehead atoms. The van der Waals surface area contributed by atoms with Crippen LogP contribution in [0.3, 0.4) is 0 Å². The highest BCUT2D eigenvalue weighted by atomic mass is 32.2. The normalized spacial score (nSPS) is 12.0. The van der Waals surface area contributed by atoms with Crippen LogP contribution in [0.25, 0.3) is 0 Å². The van der Waals surface area contributed by atoms with Gasteiger partial charge in [-0.15, -0.1) is 16.8 Å². The van der Waals surface area contributed by atoms with Gasteiger partial charge in [-0.25, -0.2) is 4.39 Å². The van der Waals surface area contributed by atoms with Crippen LogP contribution in [-0.4, -0.2) is 14.8 Å². The molecule has 0 radical (unpaired) electrons. The first-order valence-corrected chi connectivity index (χ1v) is 9.71. The summed E-state index contributed by atoms with van der Waals surface area (Å²) in [6, 6.07) is 14.6. The van der Waals surface area contributed by atoms with Crippen molar-refractivity contribution in [3.8, 4) is 5.75 Å². The molecule has 0 N–H and O–H groups in total. The predicted molar refractivity (Wildman–Crippen MR) is 106 cm³/mol. The number of benzene rings is 2. The second kappa shape index (κ2) is 8.86. The fraction of sp³-hybridized carbons (Fsp3) is 0.238. The van der Waals surface area contributed by atoms with Gasteiger partial charge in [-0.3, -0.25) is 4.57 Å². The van der Waals surface area contributed by atoms with Crippen molar-refractivity contribution in [1.29, 1.82) is 0 Å². The number of nitrogens with zero attached hydrogens (tertiary/aromatic N) is 3. The van der Waals surface area contributed by atoms with Crippen molar-refractivity contribution in [1.82, 2.24) is 14.8 Å². The molecular weight excluding hydrogens is 361 g/mol. The maximum Gasteiger partial charge on any atom is 0.191 e. The summed E-state index contributed by atoms with van der Waals surface area (Å²) in [6.07, 6.45) is 1.52. The Labute approximate surface area is 163 Å². The molecule has 0 aliphatic carbocycles. The van der Waals surface area contributed by atoms with Gasteiger partial charge in [0.2, 0.25) is 0 Å². The van der Waals surface area contributed by atoms with E-state index in [1.165, 1.54) is 17.8 Å². The van der Waals surface area contributed by atoms with E-state index in [1.807, 2.05) is 48.7 Å². The van der Waals surface area contributed by atoms with Gasteiger partial charge in [0.25, 0.3) is 0 Å². The molecule has 140 valence electrons. The molecule has 0 aliphatic heterocycles. The molecule has 0 aliphatic rings. The molecule has 6 heteroatoms. The fourth-order valence-corrected chi connectivity index (χ4v) is 3.64. The zero-order valence-electron chi connectivity index (χ0n) is 15.4. The number of thioether (sulfide) groups is 1. The zero-order chi connectivity index (χ0) is 19.2. The van der Waals surface area contributed by atoms with Gasteiger partial charge < -0.3 is 4.74 Å². The molecule has 0 saturated carbocycles. The average Bonchev–Trinajstić information content (AvgIpc) is 3.06. The Hall–Kier alpha value is -2.60. The van der Waals surface area contributed by atoms with Gasteiger partial charge in [-0.2, -0.15) is 0 Å². The number of rotatable bonds is 8. The van der Waals surface area contributed by atoms with E-state index in [2.05, 4.69) is 16.8 Å². The Balaban J connectivity index is 1.79. The van der Waals surface area contributed by atoms with Gasteiger partial charge in [-0.05, 0) is 37.1 Å². The van der Waals surface area contributed by atoms with Gasteiger partial charge in [0.1, 0.15) is 11.6 Å². The highest BCUT2D eigenvalue weighted by Crippen LogP contribution is 2.28. The maximum absolute atomic E-state index is 13.9. The minimum atomic E-state index is -0.277. The third kappa shape index (κ3) is 4.57. The monoisotopic (exact) mass is 383 g/mol. The van der Waals surface area contributed by atoms with Crippen molar-refractivity contribution in [2.24, 2.45) is 0 Å². The smallest absolute Gasteiger partial charge is 0.191 e. The average molecular weight is 383 g/mol. The number of halogens is 1.